The molecule has 162 valence electrons. The van der Waals surface area contributed by atoms with Crippen molar-refractivity contribution < 1.29 is 24.6 Å². The van der Waals surface area contributed by atoms with E-state index in [1.165, 1.54) is 0 Å². The van der Waals surface area contributed by atoms with Crippen molar-refractivity contribution in [2.75, 3.05) is 25.0 Å². The molecule has 0 aliphatic carbocycles. The zero-order valence-corrected chi connectivity index (χ0v) is 16.9. The van der Waals surface area contributed by atoms with Crippen LogP contribution in [0.2, 0.25) is 0 Å². The molecule has 1 aromatic heterocycles. The van der Waals surface area contributed by atoms with E-state index in [1.54, 1.807) is 23.5 Å². The van der Waals surface area contributed by atoms with Gasteiger partial charge in [-0.15, -0.1) is 0 Å². The number of rotatable bonds is 8. The van der Waals surface area contributed by atoms with Crippen LogP contribution in [0.5, 0.6) is 0 Å². The first-order valence-corrected chi connectivity index (χ1v) is 9.22. The molecule has 1 aliphatic rings. The molecule has 1 aliphatic heterocycles. The van der Waals surface area contributed by atoms with Gasteiger partial charge in [-0.05, 0) is 26.7 Å². The number of likely N-dealkylation sites (tertiary alicyclic amines) is 1. The second kappa shape index (κ2) is 12.1. The van der Waals surface area contributed by atoms with Gasteiger partial charge in [0.25, 0.3) is 0 Å². The quantitative estimate of drug-likeness (QED) is 0.436. The minimum absolute atomic E-state index is 0.0170. The molecule has 0 aromatic carbocycles. The average Bonchev–Trinajstić information content (AvgIpc) is 3.19. The summed E-state index contributed by atoms with van der Waals surface area (Å²) in [5.41, 5.74) is -0.283. The number of carbonyl (C=O) groups is 3. The van der Waals surface area contributed by atoms with Crippen LogP contribution in [0.15, 0.2) is 30.7 Å². The number of amides is 1. The van der Waals surface area contributed by atoms with Crippen LogP contribution in [-0.4, -0.2) is 74.1 Å². The zero-order chi connectivity index (χ0) is 22.6. The molecule has 1 amide bonds. The van der Waals surface area contributed by atoms with Gasteiger partial charge in [-0.2, -0.15) is 5.26 Å². The van der Waals surface area contributed by atoms with Crippen LogP contribution < -0.4 is 10.6 Å². The van der Waals surface area contributed by atoms with Crippen LogP contribution >= 0.6 is 0 Å². The Morgan fingerprint density at radius 2 is 1.97 bits per heavy atom. The van der Waals surface area contributed by atoms with Crippen LogP contribution in [0.3, 0.4) is 0 Å². The summed E-state index contributed by atoms with van der Waals surface area (Å²) in [6, 6.07) is 1.92. The highest BCUT2D eigenvalue weighted by atomic mass is 16.4. The Morgan fingerprint density at radius 3 is 2.50 bits per heavy atom. The molecule has 0 radical (unpaired) electrons. The van der Waals surface area contributed by atoms with E-state index < -0.39 is 11.9 Å². The first-order chi connectivity index (χ1) is 14.1. The van der Waals surface area contributed by atoms with Crippen LogP contribution in [0.25, 0.3) is 0 Å². The summed E-state index contributed by atoms with van der Waals surface area (Å²) in [7, 11) is 0. The molecule has 2 rings (SSSR count). The number of carboxylic acid groups (broad SMARTS) is 2. The first-order valence-electron chi connectivity index (χ1n) is 9.22. The maximum Gasteiger partial charge on any atom is 0.328 e. The fourth-order valence-electron chi connectivity index (χ4n) is 2.52. The summed E-state index contributed by atoms with van der Waals surface area (Å²) in [6.45, 7) is 5.54. The number of carboxylic acids is 2. The third-order valence-corrected chi connectivity index (χ3v) is 4.08. The number of nitrogens with zero attached hydrogens (tertiary/aromatic N) is 4. The summed E-state index contributed by atoms with van der Waals surface area (Å²) in [5, 5.41) is 31.1. The van der Waals surface area contributed by atoms with Gasteiger partial charge >= 0.3 is 11.9 Å². The Kier molecular flexibility index (Phi) is 9.91. The Morgan fingerprint density at radius 1 is 1.30 bits per heavy atom. The van der Waals surface area contributed by atoms with Crippen LogP contribution in [0.4, 0.5) is 5.82 Å². The van der Waals surface area contributed by atoms with Crippen LogP contribution in [0, 0.1) is 11.3 Å². The number of hydrogen-bond donors (Lipinski definition) is 4. The SMILES string of the molecule is CC(C)(CNc1cnccn1)NCC(=O)N1CCC[C@H]1C#N.O=C(O)/C=C/C(=O)O. The monoisotopic (exact) mass is 418 g/mol. The molecule has 1 atom stereocenters. The minimum atomic E-state index is -1.26. The summed E-state index contributed by atoms with van der Waals surface area (Å²) in [5.74, 6) is -1.83. The van der Waals surface area contributed by atoms with Crippen LogP contribution in [0.1, 0.15) is 26.7 Å². The number of carbonyl (C=O) groups excluding carboxylic acids is 1. The lowest BCUT2D eigenvalue weighted by Gasteiger charge is -2.28. The fraction of sp³-hybridized carbons (Fsp3) is 0.474. The zero-order valence-electron chi connectivity index (χ0n) is 16.9. The van der Waals surface area contributed by atoms with Crippen molar-refractivity contribution in [3.8, 4) is 6.07 Å². The number of anilines is 1. The number of aliphatic carboxylic acids is 2. The molecule has 1 aromatic rings. The van der Waals surface area contributed by atoms with E-state index in [0.717, 1.165) is 12.8 Å². The number of nitrogens with one attached hydrogen (secondary N) is 2. The number of nitriles is 1. The third kappa shape index (κ3) is 9.61. The number of aromatic nitrogens is 2. The van der Waals surface area contributed by atoms with Crippen molar-refractivity contribution in [1.29, 1.82) is 5.26 Å². The second-order valence-electron chi connectivity index (χ2n) is 7.07. The Bertz CT molecular complexity index is 774. The molecule has 4 N–H and O–H groups in total. The smallest absolute Gasteiger partial charge is 0.328 e. The van der Waals surface area contributed by atoms with Crippen molar-refractivity contribution in [1.82, 2.24) is 20.2 Å². The highest BCUT2D eigenvalue weighted by molar-refractivity contribution is 5.89. The third-order valence-electron chi connectivity index (χ3n) is 4.08. The van der Waals surface area contributed by atoms with Crippen molar-refractivity contribution in [3.63, 3.8) is 0 Å². The van der Waals surface area contributed by atoms with Crippen molar-refractivity contribution in [2.45, 2.75) is 38.3 Å². The Balaban J connectivity index is 0.000000479. The lowest BCUT2D eigenvalue weighted by atomic mass is 10.1. The molecule has 2 heterocycles. The predicted octanol–water partition coefficient (Wildman–Crippen LogP) is 0.483. The van der Waals surface area contributed by atoms with Crippen molar-refractivity contribution in [3.05, 3.63) is 30.7 Å². The average molecular weight is 418 g/mol. The van der Waals surface area contributed by atoms with Gasteiger partial charge < -0.3 is 25.7 Å². The molecule has 1 saturated heterocycles. The molecule has 1 fully saturated rings. The van der Waals surface area contributed by atoms with E-state index in [0.29, 0.717) is 31.1 Å². The van der Waals surface area contributed by atoms with Crippen molar-refractivity contribution in [2.24, 2.45) is 0 Å². The molecule has 11 heteroatoms. The maximum absolute atomic E-state index is 12.2. The molecule has 0 spiro atoms. The summed E-state index contributed by atoms with van der Waals surface area (Å²) in [6.07, 6.45) is 7.70. The van der Waals surface area contributed by atoms with E-state index in [2.05, 4.69) is 26.7 Å². The van der Waals surface area contributed by atoms with E-state index in [9.17, 15) is 14.4 Å². The normalized spacial score (nSPS) is 15.8. The lowest BCUT2D eigenvalue weighted by molar-refractivity contribution is -0.134. The Labute approximate surface area is 174 Å². The minimum Gasteiger partial charge on any atom is -0.478 e. The highest BCUT2D eigenvalue weighted by Gasteiger charge is 2.29. The fourth-order valence-corrected chi connectivity index (χ4v) is 2.52. The topological polar surface area (TPSA) is 169 Å². The standard InChI is InChI=1S/C15H22N6O.C4H4O4/c1-15(2,11-19-13-9-17-5-6-18-13)20-10-14(22)21-7-3-4-12(21)8-16;5-3(6)1-2-4(7)8/h5-6,9,12,20H,3-4,7,10-11H2,1-2H3,(H,18,19);1-2H,(H,5,6)(H,7,8)/b;2-1+/t12-;/m0./s1. The van der Waals surface area contributed by atoms with Gasteiger partial charge in [0.2, 0.25) is 5.91 Å². The van der Waals surface area contributed by atoms with E-state index in [1.807, 2.05) is 13.8 Å². The van der Waals surface area contributed by atoms with Crippen molar-refractivity contribution >= 4 is 23.7 Å². The molecular weight excluding hydrogens is 392 g/mol. The summed E-state index contributed by atoms with van der Waals surface area (Å²) >= 11 is 0. The molecule has 30 heavy (non-hydrogen) atoms. The molecule has 0 saturated carbocycles. The second-order valence-corrected chi connectivity index (χ2v) is 7.07. The van der Waals surface area contributed by atoms with E-state index >= 15 is 0 Å². The molecule has 0 bridgehead atoms. The number of hydrogen-bond acceptors (Lipinski definition) is 8. The predicted molar refractivity (Wildman–Crippen MR) is 107 cm³/mol. The van der Waals surface area contributed by atoms with Gasteiger partial charge in [-0.3, -0.25) is 9.78 Å². The summed E-state index contributed by atoms with van der Waals surface area (Å²) in [4.78, 5) is 41.1. The Hall–Kier alpha value is -3.52. The van der Waals surface area contributed by atoms with Crippen LogP contribution in [-0.2, 0) is 14.4 Å². The largest absolute Gasteiger partial charge is 0.478 e. The van der Waals surface area contributed by atoms with Gasteiger partial charge in [0.05, 0.1) is 18.8 Å². The first kappa shape index (κ1) is 24.5. The maximum atomic E-state index is 12.2. The van der Waals surface area contributed by atoms with Gasteiger partial charge in [0, 0.05) is 43.2 Å². The summed E-state index contributed by atoms with van der Waals surface area (Å²) < 4.78 is 0. The highest BCUT2D eigenvalue weighted by Crippen LogP contribution is 2.16. The molecular formula is C19H26N6O5. The van der Waals surface area contributed by atoms with Gasteiger partial charge in [-0.25, -0.2) is 14.6 Å². The van der Waals surface area contributed by atoms with Gasteiger partial charge in [0.1, 0.15) is 11.9 Å². The lowest BCUT2D eigenvalue weighted by Crippen LogP contribution is -2.50. The van der Waals surface area contributed by atoms with E-state index in [-0.39, 0.29) is 24.0 Å². The van der Waals surface area contributed by atoms with Gasteiger partial charge in [-0.1, -0.05) is 0 Å². The molecule has 11 nitrogen and oxygen atoms in total. The molecule has 0 unspecified atom stereocenters. The van der Waals surface area contributed by atoms with Gasteiger partial charge in [0.15, 0.2) is 0 Å². The van der Waals surface area contributed by atoms with E-state index in [4.69, 9.17) is 15.5 Å².